The van der Waals surface area contributed by atoms with Gasteiger partial charge in [0.1, 0.15) is 11.6 Å². The number of carboxylic acids is 1. The summed E-state index contributed by atoms with van der Waals surface area (Å²) in [6, 6.07) is 12.2. The van der Waals surface area contributed by atoms with Crippen molar-refractivity contribution in [3.8, 4) is 5.75 Å². The molecule has 6 nitrogen and oxygen atoms in total. The lowest BCUT2D eigenvalue weighted by Gasteiger charge is -2.39. The second-order valence-corrected chi connectivity index (χ2v) is 11.1. The number of aromatic nitrogens is 1. The van der Waals surface area contributed by atoms with Crippen LogP contribution in [0.2, 0.25) is 5.02 Å². The van der Waals surface area contributed by atoms with Crippen LogP contribution in [0.15, 0.2) is 53.6 Å². The van der Waals surface area contributed by atoms with Gasteiger partial charge in [-0.15, -0.1) is 11.8 Å². The number of hydrogen-bond donors (Lipinski definition) is 2. The number of pyridine rings is 1. The maximum Gasteiger partial charge on any atom is 0.309 e. The highest BCUT2D eigenvalue weighted by Gasteiger charge is 2.41. The number of aliphatic carboxylic acids is 1. The van der Waals surface area contributed by atoms with E-state index in [1.807, 2.05) is 12.1 Å². The summed E-state index contributed by atoms with van der Waals surface area (Å²) in [5.74, 6) is 0.423. The van der Waals surface area contributed by atoms with E-state index in [9.17, 15) is 19.4 Å². The van der Waals surface area contributed by atoms with Gasteiger partial charge in [0.05, 0.1) is 29.2 Å². The van der Waals surface area contributed by atoms with Gasteiger partial charge >= 0.3 is 5.97 Å². The van der Waals surface area contributed by atoms with Gasteiger partial charge in [0.25, 0.3) is 0 Å². The maximum atomic E-state index is 13.8. The van der Waals surface area contributed by atoms with Crippen LogP contribution >= 0.6 is 23.4 Å². The Labute approximate surface area is 225 Å². The third-order valence-corrected chi connectivity index (χ3v) is 8.71. The zero-order valence-corrected chi connectivity index (χ0v) is 22.4. The number of methoxy groups -OCH3 is 1. The Bertz CT molecular complexity index is 1240. The van der Waals surface area contributed by atoms with Gasteiger partial charge in [0, 0.05) is 22.0 Å². The van der Waals surface area contributed by atoms with Crippen LogP contribution in [0, 0.1) is 11.2 Å². The van der Waals surface area contributed by atoms with E-state index in [1.165, 1.54) is 24.0 Å². The van der Waals surface area contributed by atoms with E-state index in [0.717, 1.165) is 18.7 Å². The number of nitrogens with zero attached hydrogens (tertiary/aromatic N) is 2. The third kappa shape index (κ3) is 6.55. The molecule has 37 heavy (non-hydrogen) atoms. The SMILES string of the molecule is COc1ccc2ncc(Cl)c(C(O)CCC3(C(=O)O)CCN(CCCSc4ccccc4F)CC3)c2c1. The van der Waals surface area contributed by atoms with E-state index in [0.29, 0.717) is 64.5 Å². The number of ether oxygens (including phenoxy) is 1. The molecule has 0 saturated carbocycles. The van der Waals surface area contributed by atoms with Gasteiger partial charge < -0.3 is 19.8 Å². The molecule has 0 spiro atoms. The van der Waals surface area contributed by atoms with Crippen LogP contribution in [0.4, 0.5) is 4.39 Å². The number of hydrogen-bond acceptors (Lipinski definition) is 6. The molecule has 1 unspecified atom stereocenters. The highest BCUT2D eigenvalue weighted by atomic mass is 35.5. The highest BCUT2D eigenvalue weighted by molar-refractivity contribution is 7.99. The van der Waals surface area contributed by atoms with Crippen LogP contribution in [0.5, 0.6) is 5.75 Å². The molecule has 9 heteroatoms. The van der Waals surface area contributed by atoms with Crippen LogP contribution < -0.4 is 4.74 Å². The average Bonchev–Trinajstić information content (AvgIpc) is 2.90. The van der Waals surface area contributed by atoms with Crippen molar-refractivity contribution in [2.75, 3.05) is 32.5 Å². The highest BCUT2D eigenvalue weighted by Crippen LogP contribution is 2.41. The Morgan fingerprint density at radius 3 is 2.73 bits per heavy atom. The predicted octanol–water partition coefficient (Wildman–Crippen LogP) is 6.20. The molecule has 2 N–H and O–H groups in total. The first kappa shape index (κ1) is 27.6. The van der Waals surface area contributed by atoms with Crippen LogP contribution in [0.1, 0.15) is 43.8 Å². The van der Waals surface area contributed by atoms with Crippen molar-refractivity contribution in [2.45, 2.75) is 43.1 Å². The Morgan fingerprint density at radius 2 is 2.03 bits per heavy atom. The predicted molar refractivity (Wildman–Crippen MR) is 145 cm³/mol. The standard InChI is InChI=1S/C28H32ClFN2O4S/c1-36-19-7-8-23-20(17-19)26(21(29)18-31-23)24(33)9-10-28(27(34)35)11-14-32(15-12-28)13-4-16-37-25-6-3-2-5-22(25)30/h2-3,5-8,17-18,24,33H,4,9-16H2,1H3,(H,34,35). The molecule has 198 valence electrons. The molecule has 1 fully saturated rings. The number of thioether (sulfide) groups is 1. The fraction of sp³-hybridized carbons (Fsp3) is 0.429. The van der Waals surface area contributed by atoms with Crippen LogP contribution in [0.25, 0.3) is 10.9 Å². The Kier molecular flexibility index (Phi) is 9.29. The van der Waals surface area contributed by atoms with Crippen molar-refractivity contribution < 1.29 is 24.1 Å². The summed E-state index contributed by atoms with van der Waals surface area (Å²) in [5, 5.41) is 22.3. The Morgan fingerprint density at radius 1 is 1.27 bits per heavy atom. The lowest BCUT2D eigenvalue weighted by Crippen LogP contribution is -2.44. The Balaban J connectivity index is 1.33. The summed E-state index contributed by atoms with van der Waals surface area (Å²) in [4.78, 5) is 19.6. The van der Waals surface area contributed by atoms with Crippen molar-refractivity contribution in [3.63, 3.8) is 0 Å². The van der Waals surface area contributed by atoms with Crippen LogP contribution in [-0.4, -0.2) is 58.6 Å². The fourth-order valence-electron chi connectivity index (χ4n) is 5.00. The van der Waals surface area contributed by atoms with Gasteiger partial charge in [0.2, 0.25) is 0 Å². The molecule has 0 aliphatic carbocycles. The molecule has 2 aromatic carbocycles. The summed E-state index contributed by atoms with van der Waals surface area (Å²) in [6.07, 6.45) is 3.17. The number of fused-ring (bicyclic) bond motifs is 1. The molecule has 1 aliphatic heterocycles. The number of benzene rings is 2. The molecule has 1 aromatic heterocycles. The molecule has 0 radical (unpaired) electrons. The summed E-state index contributed by atoms with van der Waals surface area (Å²) in [7, 11) is 1.57. The van der Waals surface area contributed by atoms with E-state index in [1.54, 1.807) is 31.4 Å². The molecular weight excluding hydrogens is 515 g/mol. The maximum absolute atomic E-state index is 13.8. The number of carboxylic acid groups (broad SMARTS) is 1. The quantitative estimate of drug-likeness (QED) is 0.219. The molecule has 0 bridgehead atoms. The minimum atomic E-state index is -0.922. The molecule has 3 aromatic rings. The lowest BCUT2D eigenvalue weighted by atomic mass is 9.74. The fourth-order valence-corrected chi connectivity index (χ4v) is 6.15. The molecule has 4 rings (SSSR count). The second-order valence-electron chi connectivity index (χ2n) is 9.52. The van der Waals surface area contributed by atoms with Crippen LogP contribution in [-0.2, 0) is 4.79 Å². The van der Waals surface area contributed by atoms with Gasteiger partial charge in [0.15, 0.2) is 0 Å². The molecule has 1 atom stereocenters. The molecule has 0 amide bonds. The smallest absolute Gasteiger partial charge is 0.309 e. The number of carbonyl (C=O) groups is 1. The largest absolute Gasteiger partial charge is 0.497 e. The molecule has 1 saturated heterocycles. The zero-order valence-electron chi connectivity index (χ0n) is 20.8. The first-order valence-corrected chi connectivity index (χ1v) is 13.8. The van der Waals surface area contributed by atoms with E-state index in [-0.39, 0.29) is 12.2 Å². The van der Waals surface area contributed by atoms with E-state index >= 15 is 0 Å². The third-order valence-electron chi connectivity index (χ3n) is 7.28. The van der Waals surface area contributed by atoms with E-state index < -0.39 is 17.5 Å². The van der Waals surface area contributed by atoms with Crippen LogP contribution in [0.3, 0.4) is 0 Å². The summed E-state index contributed by atoms with van der Waals surface area (Å²) < 4.78 is 19.1. The van der Waals surface area contributed by atoms with Crippen molar-refractivity contribution in [1.29, 1.82) is 0 Å². The number of likely N-dealkylation sites (tertiary alicyclic amines) is 1. The van der Waals surface area contributed by atoms with Crippen molar-refractivity contribution in [2.24, 2.45) is 5.41 Å². The number of rotatable bonds is 11. The summed E-state index contributed by atoms with van der Waals surface area (Å²) in [5.41, 5.74) is 0.358. The lowest BCUT2D eigenvalue weighted by molar-refractivity contribution is -0.153. The number of piperidine rings is 1. The summed E-state index contributed by atoms with van der Waals surface area (Å²) >= 11 is 7.94. The molecule has 1 aliphatic rings. The average molecular weight is 547 g/mol. The van der Waals surface area contributed by atoms with Gasteiger partial charge in [-0.05, 0) is 87.8 Å². The Hall–Kier alpha value is -2.39. The number of aliphatic hydroxyl groups excluding tert-OH is 1. The van der Waals surface area contributed by atoms with Gasteiger partial charge in [-0.25, -0.2) is 4.39 Å². The van der Waals surface area contributed by atoms with Crippen molar-refractivity contribution >= 4 is 40.2 Å². The monoisotopic (exact) mass is 546 g/mol. The first-order valence-electron chi connectivity index (χ1n) is 12.5. The molecular formula is C28H32ClFN2O4S. The van der Waals surface area contributed by atoms with Crippen molar-refractivity contribution in [3.05, 3.63) is 65.1 Å². The van der Waals surface area contributed by atoms with Gasteiger partial charge in [-0.1, -0.05) is 23.7 Å². The van der Waals surface area contributed by atoms with E-state index in [4.69, 9.17) is 16.3 Å². The first-order chi connectivity index (χ1) is 17.8. The normalized spacial score (nSPS) is 16.5. The van der Waals surface area contributed by atoms with Gasteiger partial charge in [-0.3, -0.25) is 9.78 Å². The number of halogens is 2. The van der Waals surface area contributed by atoms with E-state index in [2.05, 4.69) is 9.88 Å². The van der Waals surface area contributed by atoms with Gasteiger partial charge in [-0.2, -0.15) is 0 Å². The molecule has 2 heterocycles. The minimum absolute atomic E-state index is 0.195. The topological polar surface area (TPSA) is 82.9 Å². The second kappa shape index (κ2) is 12.4. The number of aliphatic hydroxyl groups is 1. The summed E-state index contributed by atoms with van der Waals surface area (Å²) in [6.45, 7) is 2.21. The minimum Gasteiger partial charge on any atom is -0.497 e. The zero-order chi connectivity index (χ0) is 26.4. The van der Waals surface area contributed by atoms with Crippen molar-refractivity contribution in [1.82, 2.24) is 9.88 Å².